The zero-order valence-electron chi connectivity index (χ0n) is 11.6. The highest BCUT2D eigenvalue weighted by Gasteiger charge is 2.65. The Bertz CT molecular complexity index is 498. The molecule has 1 aromatic rings. The molecule has 1 amide bonds. The predicted octanol–water partition coefficient (Wildman–Crippen LogP) is 1.54. The summed E-state index contributed by atoms with van der Waals surface area (Å²) in [4.78, 5) is 22.9. The van der Waals surface area contributed by atoms with Gasteiger partial charge in [0.1, 0.15) is 12.4 Å². The average molecular weight is 277 g/mol. The number of benzene rings is 1. The van der Waals surface area contributed by atoms with Gasteiger partial charge in [-0.2, -0.15) is 0 Å². The third kappa shape index (κ3) is 2.92. The van der Waals surface area contributed by atoms with Crippen LogP contribution in [0, 0.1) is 17.3 Å². The number of nitrogens with one attached hydrogen (secondary N) is 1. The summed E-state index contributed by atoms with van der Waals surface area (Å²) < 4.78 is 5.45. The van der Waals surface area contributed by atoms with E-state index in [4.69, 9.17) is 9.84 Å². The Labute approximate surface area is 117 Å². The smallest absolute Gasteiger partial charge is 0.307 e. The first kappa shape index (κ1) is 14.4. The first-order valence-electron chi connectivity index (χ1n) is 6.63. The number of carboxylic acid groups (broad SMARTS) is 1. The van der Waals surface area contributed by atoms with Gasteiger partial charge in [0, 0.05) is 0 Å². The third-order valence-corrected chi connectivity index (χ3v) is 3.79. The molecule has 0 saturated heterocycles. The minimum Gasteiger partial charge on any atom is -0.492 e. The van der Waals surface area contributed by atoms with Crippen molar-refractivity contribution < 1.29 is 19.4 Å². The van der Waals surface area contributed by atoms with Crippen LogP contribution in [0.15, 0.2) is 30.3 Å². The lowest BCUT2D eigenvalue weighted by atomic mass is 10.1. The molecule has 2 rings (SSSR count). The number of carboxylic acids is 1. The number of para-hydroxylation sites is 1. The molecular formula is C15H19NO4. The maximum absolute atomic E-state index is 11.9. The first-order chi connectivity index (χ1) is 9.44. The van der Waals surface area contributed by atoms with Gasteiger partial charge in [0.15, 0.2) is 0 Å². The SMILES string of the molecule is CC1(C)C(C(=O)O)C1C(=O)NCCOc1ccccc1. The molecule has 108 valence electrons. The number of hydrogen-bond donors (Lipinski definition) is 2. The van der Waals surface area contributed by atoms with Gasteiger partial charge in [0.25, 0.3) is 0 Å². The molecule has 5 nitrogen and oxygen atoms in total. The largest absolute Gasteiger partial charge is 0.492 e. The van der Waals surface area contributed by atoms with Crippen LogP contribution in [-0.2, 0) is 9.59 Å². The molecule has 1 aliphatic rings. The molecule has 1 saturated carbocycles. The van der Waals surface area contributed by atoms with Crippen LogP contribution in [0.2, 0.25) is 0 Å². The molecule has 2 atom stereocenters. The zero-order valence-corrected chi connectivity index (χ0v) is 11.6. The van der Waals surface area contributed by atoms with E-state index in [-0.39, 0.29) is 5.91 Å². The lowest BCUT2D eigenvalue weighted by Crippen LogP contribution is -2.31. The van der Waals surface area contributed by atoms with Gasteiger partial charge < -0.3 is 15.2 Å². The van der Waals surface area contributed by atoms with Crippen molar-refractivity contribution in [1.82, 2.24) is 5.32 Å². The molecule has 1 fully saturated rings. The number of ether oxygens (including phenoxy) is 1. The third-order valence-electron chi connectivity index (χ3n) is 3.79. The number of rotatable bonds is 6. The van der Waals surface area contributed by atoms with Crippen LogP contribution in [0.25, 0.3) is 0 Å². The minimum absolute atomic E-state index is 0.209. The second-order valence-electron chi connectivity index (χ2n) is 5.57. The fraction of sp³-hybridized carbons (Fsp3) is 0.467. The Morgan fingerprint density at radius 3 is 2.45 bits per heavy atom. The standard InChI is InChI=1S/C15H19NO4/c1-15(2)11(12(15)14(18)19)13(17)16-8-9-20-10-6-4-3-5-7-10/h3-7,11-12H,8-9H2,1-2H3,(H,16,17)(H,18,19). The van der Waals surface area contributed by atoms with Gasteiger partial charge in [-0.05, 0) is 17.5 Å². The Kier molecular flexibility index (Phi) is 3.97. The molecule has 20 heavy (non-hydrogen) atoms. The summed E-state index contributed by atoms with van der Waals surface area (Å²) in [5, 5.41) is 11.8. The van der Waals surface area contributed by atoms with Crippen molar-refractivity contribution in [2.45, 2.75) is 13.8 Å². The Morgan fingerprint density at radius 2 is 1.90 bits per heavy atom. The summed E-state index contributed by atoms with van der Waals surface area (Å²) in [5.74, 6) is -1.40. The van der Waals surface area contributed by atoms with E-state index in [1.54, 1.807) is 13.8 Å². The van der Waals surface area contributed by atoms with Crippen molar-refractivity contribution in [2.75, 3.05) is 13.2 Å². The lowest BCUT2D eigenvalue weighted by molar-refractivity contribution is -0.140. The average Bonchev–Trinajstić information content (AvgIpc) is 2.99. The molecule has 0 heterocycles. The number of aliphatic carboxylic acids is 1. The number of carbonyl (C=O) groups is 2. The van der Waals surface area contributed by atoms with Crippen molar-refractivity contribution in [3.8, 4) is 5.75 Å². The van der Waals surface area contributed by atoms with Crippen LogP contribution in [0.5, 0.6) is 5.75 Å². The van der Waals surface area contributed by atoms with E-state index in [0.717, 1.165) is 5.75 Å². The van der Waals surface area contributed by atoms with Gasteiger partial charge in [0.05, 0.1) is 18.4 Å². The fourth-order valence-electron chi connectivity index (χ4n) is 2.56. The summed E-state index contributed by atoms with van der Waals surface area (Å²) in [6, 6.07) is 9.32. The molecule has 0 bridgehead atoms. The second kappa shape index (κ2) is 5.53. The monoisotopic (exact) mass is 277 g/mol. The van der Waals surface area contributed by atoms with Crippen molar-refractivity contribution in [2.24, 2.45) is 17.3 Å². The molecule has 1 aliphatic carbocycles. The Hall–Kier alpha value is -2.04. The molecule has 1 aromatic carbocycles. The van der Waals surface area contributed by atoms with E-state index in [1.807, 2.05) is 30.3 Å². The molecule has 0 radical (unpaired) electrons. The summed E-state index contributed by atoms with van der Waals surface area (Å²) in [6.45, 7) is 4.33. The molecule has 0 aromatic heterocycles. The van der Waals surface area contributed by atoms with E-state index in [2.05, 4.69) is 5.32 Å². The van der Waals surface area contributed by atoms with E-state index in [0.29, 0.717) is 13.2 Å². The second-order valence-corrected chi connectivity index (χ2v) is 5.57. The Balaban J connectivity index is 1.73. The normalized spacial score (nSPS) is 22.9. The zero-order chi connectivity index (χ0) is 14.8. The van der Waals surface area contributed by atoms with Crippen LogP contribution >= 0.6 is 0 Å². The quantitative estimate of drug-likeness (QED) is 0.773. The van der Waals surface area contributed by atoms with Crippen molar-refractivity contribution in [3.05, 3.63) is 30.3 Å². The highest BCUT2D eigenvalue weighted by Crippen LogP contribution is 2.58. The summed E-state index contributed by atoms with van der Waals surface area (Å²) in [7, 11) is 0. The molecular weight excluding hydrogens is 258 g/mol. The van der Waals surface area contributed by atoms with Crippen LogP contribution in [0.3, 0.4) is 0 Å². The van der Waals surface area contributed by atoms with E-state index in [1.165, 1.54) is 0 Å². The topological polar surface area (TPSA) is 75.6 Å². The van der Waals surface area contributed by atoms with E-state index < -0.39 is 23.2 Å². The molecule has 2 N–H and O–H groups in total. The fourth-order valence-corrected chi connectivity index (χ4v) is 2.56. The molecule has 0 spiro atoms. The molecule has 2 unspecified atom stereocenters. The summed E-state index contributed by atoms with van der Waals surface area (Å²) in [5.41, 5.74) is -0.462. The highest BCUT2D eigenvalue weighted by molar-refractivity contribution is 5.91. The van der Waals surface area contributed by atoms with Crippen molar-refractivity contribution >= 4 is 11.9 Å². The van der Waals surface area contributed by atoms with Gasteiger partial charge in [-0.25, -0.2) is 0 Å². The predicted molar refractivity (Wildman–Crippen MR) is 73.3 cm³/mol. The number of amides is 1. The van der Waals surface area contributed by atoms with Crippen LogP contribution in [0.1, 0.15) is 13.8 Å². The van der Waals surface area contributed by atoms with Crippen molar-refractivity contribution in [1.29, 1.82) is 0 Å². The maximum Gasteiger partial charge on any atom is 0.307 e. The van der Waals surface area contributed by atoms with E-state index >= 15 is 0 Å². The summed E-state index contributed by atoms with van der Waals surface area (Å²) >= 11 is 0. The summed E-state index contributed by atoms with van der Waals surface area (Å²) in [6.07, 6.45) is 0. The van der Waals surface area contributed by atoms with Gasteiger partial charge in [-0.3, -0.25) is 9.59 Å². The molecule has 0 aliphatic heterocycles. The van der Waals surface area contributed by atoms with Gasteiger partial charge in [0.2, 0.25) is 5.91 Å². The van der Waals surface area contributed by atoms with Gasteiger partial charge in [-0.1, -0.05) is 32.0 Å². The van der Waals surface area contributed by atoms with Gasteiger partial charge >= 0.3 is 5.97 Å². The highest BCUT2D eigenvalue weighted by atomic mass is 16.5. The maximum atomic E-state index is 11.9. The molecule has 5 heteroatoms. The number of hydrogen-bond acceptors (Lipinski definition) is 3. The van der Waals surface area contributed by atoms with Crippen LogP contribution in [-0.4, -0.2) is 30.1 Å². The van der Waals surface area contributed by atoms with E-state index in [9.17, 15) is 9.59 Å². The van der Waals surface area contributed by atoms with Gasteiger partial charge in [-0.15, -0.1) is 0 Å². The Morgan fingerprint density at radius 1 is 1.25 bits per heavy atom. The van der Waals surface area contributed by atoms with Crippen molar-refractivity contribution in [3.63, 3.8) is 0 Å². The first-order valence-corrected chi connectivity index (χ1v) is 6.63. The number of carbonyl (C=O) groups excluding carboxylic acids is 1. The van der Waals surface area contributed by atoms with Crippen LogP contribution in [0.4, 0.5) is 0 Å². The minimum atomic E-state index is -0.907. The lowest BCUT2D eigenvalue weighted by Gasteiger charge is -2.08. The van der Waals surface area contributed by atoms with Crippen LogP contribution < -0.4 is 10.1 Å².